The lowest BCUT2D eigenvalue weighted by Gasteiger charge is -2.13. The Morgan fingerprint density at radius 1 is 0.900 bits per heavy atom. The molecule has 6 nitrogen and oxygen atoms in total. The summed E-state index contributed by atoms with van der Waals surface area (Å²) in [6.45, 7) is 0. The molecule has 6 heteroatoms. The van der Waals surface area contributed by atoms with Gasteiger partial charge in [0.1, 0.15) is 5.56 Å². The van der Waals surface area contributed by atoms with Crippen molar-refractivity contribution < 1.29 is 30.0 Å². The molecular formula is C14H12O6. The topological polar surface area (TPSA) is 107 Å². The van der Waals surface area contributed by atoms with Gasteiger partial charge in [-0.05, 0) is 0 Å². The Labute approximate surface area is 114 Å². The number of phenolic OH excluding ortho intramolecular Hbond substituents is 4. The number of hydrogen-bond acceptors (Lipinski definition) is 6. The minimum Gasteiger partial charge on any atom is -0.504 e. The van der Waals surface area contributed by atoms with Crippen molar-refractivity contribution in [1.82, 2.24) is 0 Å². The normalized spacial score (nSPS) is 10.2. The maximum atomic E-state index is 12.3. The van der Waals surface area contributed by atoms with Crippen LogP contribution in [0.15, 0.2) is 30.3 Å². The summed E-state index contributed by atoms with van der Waals surface area (Å²) >= 11 is 0. The second-order valence-corrected chi connectivity index (χ2v) is 4.00. The smallest absolute Gasteiger partial charge is 0.208 e. The first kappa shape index (κ1) is 13.5. The Hall–Kier alpha value is -2.89. The number of carbonyl (C=O) groups is 1. The molecule has 2 rings (SSSR count). The zero-order valence-electron chi connectivity index (χ0n) is 10.5. The van der Waals surface area contributed by atoms with Crippen molar-refractivity contribution in [2.24, 2.45) is 0 Å². The van der Waals surface area contributed by atoms with E-state index in [2.05, 4.69) is 0 Å². The lowest BCUT2D eigenvalue weighted by Crippen LogP contribution is -2.03. The van der Waals surface area contributed by atoms with Gasteiger partial charge >= 0.3 is 0 Å². The fraction of sp³-hybridized carbons (Fsp3) is 0.0714. The molecule has 0 radical (unpaired) electrons. The predicted molar refractivity (Wildman–Crippen MR) is 69.5 cm³/mol. The molecule has 0 aliphatic heterocycles. The van der Waals surface area contributed by atoms with Gasteiger partial charge in [-0.15, -0.1) is 0 Å². The lowest BCUT2D eigenvalue weighted by molar-refractivity contribution is 0.103. The Bertz CT molecular complexity index is 663. The van der Waals surface area contributed by atoms with E-state index >= 15 is 0 Å². The van der Waals surface area contributed by atoms with Crippen LogP contribution in [0, 0.1) is 0 Å². The van der Waals surface area contributed by atoms with E-state index in [1.54, 1.807) is 18.2 Å². The van der Waals surface area contributed by atoms with Crippen molar-refractivity contribution in [1.29, 1.82) is 0 Å². The zero-order chi connectivity index (χ0) is 14.9. The number of rotatable bonds is 3. The van der Waals surface area contributed by atoms with E-state index in [4.69, 9.17) is 4.74 Å². The van der Waals surface area contributed by atoms with Crippen LogP contribution in [-0.2, 0) is 0 Å². The molecule has 0 aromatic heterocycles. The van der Waals surface area contributed by atoms with Crippen molar-refractivity contribution in [2.75, 3.05) is 7.11 Å². The van der Waals surface area contributed by atoms with Crippen LogP contribution in [0.25, 0.3) is 0 Å². The fourth-order valence-electron chi connectivity index (χ4n) is 1.82. The first-order chi connectivity index (χ1) is 9.49. The summed E-state index contributed by atoms with van der Waals surface area (Å²) < 4.78 is 4.71. The van der Waals surface area contributed by atoms with Gasteiger partial charge in [0.15, 0.2) is 11.5 Å². The molecule has 4 N–H and O–H groups in total. The number of hydrogen-bond donors (Lipinski definition) is 4. The second-order valence-electron chi connectivity index (χ2n) is 4.00. The summed E-state index contributed by atoms with van der Waals surface area (Å²) in [5, 5.41) is 38.8. The van der Waals surface area contributed by atoms with Gasteiger partial charge in [-0.25, -0.2) is 0 Å². The molecule has 2 aromatic rings. The maximum Gasteiger partial charge on any atom is 0.208 e. The molecular weight excluding hydrogens is 264 g/mol. The van der Waals surface area contributed by atoms with Crippen LogP contribution in [0.1, 0.15) is 15.9 Å². The number of methoxy groups -OCH3 is 1. The van der Waals surface area contributed by atoms with Gasteiger partial charge in [0, 0.05) is 5.56 Å². The SMILES string of the molecule is COc1c(O)c(O)c(O)c(C(=O)c2ccccc2)c1O. The highest BCUT2D eigenvalue weighted by Gasteiger charge is 2.28. The molecule has 0 amide bonds. The molecule has 0 bridgehead atoms. The molecule has 0 aliphatic rings. The highest BCUT2D eigenvalue weighted by atomic mass is 16.5. The van der Waals surface area contributed by atoms with E-state index in [1.165, 1.54) is 12.1 Å². The summed E-state index contributed by atoms with van der Waals surface area (Å²) in [6, 6.07) is 7.89. The number of carbonyl (C=O) groups excluding carboxylic acids is 1. The van der Waals surface area contributed by atoms with Gasteiger partial charge in [0.05, 0.1) is 7.11 Å². The number of ether oxygens (including phenoxy) is 1. The van der Waals surface area contributed by atoms with Gasteiger partial charge in [-0.3, -0.25) is 4.79 Å². The van der Waals surface area contributed by atoms with E-state index in [0.717, 1.165) is 7.11 Å². The van der Waals surface area contributed by atoms with Crippen LogP contribution < -0.4 is 4.74 Å². The highest BCUT2D eigenvalue weighted by Crippen LogP contribution is 2.51. The number of aromatic hydroxyl groups is 4. The van der Waals surface area contributed by atoms with E-state index in [0.29, 0.717) is 0 Å². The minimum atomic E-state index is -0.932. The molecule has 0 aliphatic carbocycles. The van der Waals surface area contributed by atoms with Crippen LogP contribution >= 0.6 is 0 Å². The Kier molecular flexibility index (Phi) is 3.39. The van der Waals surface area contributed by atoms with E-state index in [-0.39, 0.29) is 5.56 Å². The van der Waals surface area contributed by atoms with Crippen molar-refractivity contribution >= 4 is 5.78 Å². The summed E-state index contributed by atoms with van der Waals surface area (Å²) in [7, 11) is 1.14. The van der Waals surface area contributed by atoms with Gasteiger partial charge in [0.25, 0.3) is 0 Å². The zero-order valence-corrected chi connectivity index (χ0v) is 10.5. The summed E-state index contributed by atoms with van der Waals surface area (Å²) in [4.78, 5) is 12.3. The summed E-state index contributed by atoms with van der Waals surface area (Å²) in [5.41, 5.74) is -0.339. The van der Waals surface area contributed by atoms with Gasteiger partial charge < -0.3 is 25.2 Å². The molecule has 0 saturated carbocycles. The fourth-order valence-corrected chi connectivity index (χ4v) is 1.82. The van der Waals surface area contributed by atoms with Crippen molar-refractivity contribution in [3.63, 3.8) is 0 Å². The summed E-state index contributed by atoms with van der Waals surface area (Å²) in [5.74, 6) is -4.62. The van der Waals surface area contributed by atoms with Crippen LogP contribution in [0.2, 0.25) is 0 Å². The Morgan fingerprint density at radius 3 is 2.05 bits per heavy atom. The molecule has 0 fully saturated rings. The first-order valence-corrected chi connectivity index (χ1v) is 5.62. The average Bonchev–Trinajstić information content (AvgIpc) is 2.46. The van der Waals surface area contributed by atoms with Crippen LogP contribution in [0.3, 0.4) is 0 Å². The Balaban J connectivity index is 2.69. The Morgan fingerprint density at radius 2 is 1.50 bits per heavy atom. The van der Waals surface area contributed by atoms with Gasteiger partial charge in [0.2, 0.25) is 23.0 Å². The standard InChI is InChI=1S/C14H12O6/c1-20-14-11(17)8(10(16)12(18)13(14)19)9(15)7-5-3-2-4-6-7/h2-6,16-19H,1H3. The van der Waals surface area contributed by atoms with Crippen LogP contribution in [0.5, 0.6) is 28.7 Å². The third kappa shape index (κ3) is 1.97. The molecule has 0 spiro atoms. The van der Waals surface area contributed by atoms with E-state index in [1.807, 2.05) is 0 Å². The molecule has 0 unspecified atom stereocenters. The van der Waals surface area contributed by atoms with Crippen molar-refractivity contribution in [3.8, 4) is 28.7 Å². The largest absolute Gasteiger partial charge is 0.504 e. The lowest BCUT2D eigenvalue weighted by atomic mass is 10.00. The third-order valence-electron chi connectivity index (χ3n) is 2.82. The first-order valence-electron chi connectivity index (χ1n) is 5.62. The summed E-state index contributed by atoms with van der Waals surface area (Å²) in [6.07, 6.45) is 0. The third-order valence-corrected chi connectivity index (χ3v) is 2.82. The monoisotopic (exact) mass is 276 g/mol. The molecule has 0 saturated heterocycles. The molecule has 104 valence electrons. The minimum absolute atomic E-state index is 0.199. The number of phenols is 4. The number of ketones is 1. The molecule has 0 heterocycles. The molecule has 20 heavy (non-hydrogen) atoms. The van der Waals surface area contributed by atoms with Crippen LogP contribution in [-0.4, -0.2) is 33.3 Å². The second kappa shape index (κ2) is 5.00. The van der Waals surface area contributed by atoms with Crippen molar-refractivity contribution in [2.45, 2.75) is 0 Å². The van der Waals surface area contributed by atoms with E-state index < -0.39 is 40.1 Å². The highest BCUT2D eigenvalue weighted by molar-refractivity contribution is 6.13. The van der Waals surface area contributed by atoms with Gasteiger partial charge in [-0.1, -0.05) is 30.3 Å². The quantitative estimate of drug-likeness (QED) is 0.386. The number of benzene rings is 2. The van der Waals surface area contributed by atoms with Crippen LogP contribution in [0.4, 0.5) is 0 Å². The predicted octanol–water partition coefficient (Wildman–Crippen LogP) is 1.75. The van der Waals surface area contributed by atoms with E-state index in [9.17, 15) is 25.2 Å². The maximum absolute atomic E-state index is 12.3. The molecule has 2 aromatic carbocycles. The molecule has 0 atom stereocenters. The van der Waals surface area contributed by atoms with Gasteiger partial charge in [-0.2, -0.15) is 0 Å². The average molecular weight is 276 g/mol. The van der Waals surface area contributed by atoms with Crippen molar-refractivity contribution in [3.05, 3.63) is 41.5 Å².